The highest BCUT2D eigenvalue weighted by Crippen LogP contribution is 2.25. The van der Waals surface area contributed by atoms with Crippen molar-refractivity contribution in [2.45, 2.75) is 25.8 Å². The first-order chi connectivity index (χ1) is 11.6. The molecule has 0 radical (unpaired) electrons. The summed E-state index contributed by atoms with van der Waals surface area (Å²) >= 11 is 0. The summed E-state index contributed by atoms with van der Waals surface area (Å²) in [4.78, 5) is 14.7. The molecule has 1 unspecified atom stereocenters. The molecule has 1 atom stereocenters. The summed E-state index contributed by atoms with van der Waals surface area (Å²) in [6, 6.07) is 14.6. The minimum Gasteiger partial charge on any atom is -0.350 e. The molecular weight excluding hydrogens is 303 g/mol. The molecule has 1 saturated heterocycles. The molecule has 3 rings (SSSR count). The Labute approximate surface area is 142 Å². The Hall–Kier alpha value is -2.20. The summed E-state index contributed by atoms with van der Waals surface area (Å²) in [5.41, 5.74) is 2.51. The van der Waals surface area contributed by atoms with Crippen molar-refractivity contribution in [2.24, 2.45) is 0 Å². The van der Waals surface area contributed by atoms with Crippen molar-refractivity contribution in [1.82, 2.24) is 10.2 Å². The number of hydrogen-bond donors (Lipinski definition) is 1. The first kappa shape index (κ1) is 16.7. The van der Waals surface area contributed by atoms with E-state index in [1.165, 1.54) is 36.1 Å². The van der Waals surface area contributed by atoms with Gasteiger partial charge in [0.15, 0.2) is 0 Å². The zero-order valence-corrected chi connectivity index (χ0v) is 14.0. The van der Waals surface area contributed by atoms with Crippen molar-refractivity contribution < 1.29 is 9.18 Å². The van der Waals surface area contributed by atoms with E-state index in [0.717, 1.165) is 13.1 Å². The second kappa shape index (κ2) is 7.58. The molecule has 1 amide bonds. The zero-order valence-electron chi connectivity index (χ0n) is 14.0. The molecule has 4 heteroatoms. The lowest BCUT2D eigenvalue weighted by Crippen LogP contribution is -2.37. The number of carbonyl (C=O) groups is 1. The zero-order chi connectivity index (χ0) is 16.9. The van der Waals surface area contributed by atoms with Crippen LogP contribution in [0.4, 0.5) is 4.39 Å². The van der Waals surface area contributed by atoms with Gasteiger partial charge in [-0.25, -0.2) is 4.39 Å². The highest BCUT2D eigenvalue weighted by Gasteiger charge is 2.24. The topological polar surface area (TPSA) is 32.3 Å². The van der Waals surface area contributed by atoms with Crippen LogP contribution in [0.3, 0.4) is 0 Å². The van der Waals surface area contributed by atoms with Crippen LogP contribution in [0, 0.1) is 12.7 Å². The van der Waals surface area contributed by atoms with Crippen molar-refractivity contribution >= 4 is 5.91 Å². The van der Waals surface area contributed by atoms with Gasteiger partial charge in [-0.05, 0) is 50.6 Å². The van der Waals surface area contributed by atoms with Gasteiger partial charge in [0.05, 0.1) is 11.6 Å². The number of amides is 1. The molecular formula is C20H23FN2O. The lowest BCUT2D eigenvalue weighted by atomic mass is 10.0. The highest BCUT2D eigenvalue weighted by atomic mass is 19.1. The second-order valence-corrected chi connectivity index (χ2v) is 6.36. The monoisotopic (exact) mass is 326 g/mol. The summed E-state index contributed by atoms with van der Waals surface area (Å²) in [5, 5.41) is 2.91. The van der Waals surface area contributed by atoms with E-state index in [0.29, 0.717) is 6.54 Å². The molecule has 3 nitrogen and oxygen atoms in total. The van der Waals surface area contributed by atoms with Crippen LogP contribution in [0.2, 0.25) is 0 Å². The number of aryl methyl sites for hydroxylation is 1. The van der Waals surface area contributed by atoms with E-state index < -0.39 is 5.82 Å². The van der Waals surface area contributed by atoms with Gasteiger partial charge in [0.1, 0.15) is 5.82 Å². The first-order valence-electron chi connectivity index (χ1n) is 8.48. The Morgan fingerprint density at radius 3 is 2.46 bits per heavy atom. The van der Waals surface area contributed by atoms with Gasteiger partial charge in [-0.3, -0.25) is 9.69 Å². The lowest BCUT2D eigenvalue weighted by Gasteiger charge is -2.28. The number of hydrogen-bond acceptors (Lipinski definition) is 2. The lowest BCUT2D eigenvalue weighted by molar-refractivity contribution is 0.0934. The van der Waals surface area contributed by atoms with Gasteiger partial charge < -0.3 is 5.32 Å². The van der Waals surface area contributed by atoms with Crippen LogP contribution < -0.4 is 5.32 Å². The van der Waals surface area contributed by atoms with Gasteiger partial charge in [-0.15, -0.1) is 0 Å². The van der Waals surface area contributed by atoms with Gasteiger partial charge in [0.2, 0.25) is 0 Å². The molecule has 2 aromatic rings. The summed E-state index contributed by atoms with van der Waals surface area (Å²) in [7, 11) is 0. The molecule has 1 fully saturated rings. The second-order valence-electron chi connectivity index (χ2n) is 6.36. The van der Waals surface area contributed by atoms with E-state index in [1.807, 2.05) is 0 Å². The molecule has 0 saturated carbocycles. The fraction of sp³-hybridized carbons (Fsp3) is 0.350. The molecule has 0 bridgehead atoms. The number of likely N-dealkylation sites (tertiary alicyclic amines) is 1. The van der Waals surface area contributed by atoms with Crippen LogP contribution in [-0.2, 0) is 0 Å². The maximum absolute atomic E-state index is 13.8. The highest BCUT2D eigenvalue weighted by molar-refractivity contribution is 5.94. The normalized spacial score (nSPS) is 16.1. The number of rotatable bonds is 5. The molecule has 0 aliphatic carbocycles. The summed E-state index contributed by atoms with van der Waals surface area (Å²) in [6.07, 6.45) is 2.37. The average Bonchev–Trinajstić information content (AvgIpc) is 3.11. The van der Waals surface area contributed by atoms with Crippen LogP contribution in [0.15, 0.2) is 48.5 Å². The van der Waals surface area contributed by atoms with Gasteiger partial charge >= 0.3 is 0 Å². The fourth-order valence-corrected chi connectivity index (χ4v) is 3.23. The number of halogens is 1. The van der Waals surface area contributed by atoms with Crippen molar-refractivity contribution in [3.8, 4) is 0 Å². The SMILES string of the molecule is Cc1ccc(C(CNC(=O)c2ccccc2F)N2CCCC2)cc1. The Balaban J connectivity index is 1.73. The van der Waals surface area contributed by atoms with Crippen LogP contribution in [0.5, 0.6) is 0 Å². The smallest absolute Gasteiger partial charge is 0.254 e. The van der Waals surface area contributed by atoms with Crippen LogP contribution in [0.25, 0.3) is 0 Å². The van der Waals surface area contributed by atoms with E-state index in [1.54, 1.807) is 12.1 Å². The van der Waals surface area contributed by atoms with Crippen molar-refractivity contribution in [2.75, 3.05) is 19.6 Å². The molecule has 1 heterocycles. The van der Waals surface area contributed by atoms with Crippen molar-refractivity contribution in [1.29, 1.82) is 0 Å². The van der Waals surface area contributed by atoms with Gasteiger partial charge in [0, 0.05) is 6.54 Å². The van der Waals surface area contributed by atoms with Crippen LogP contribution >= 0.6 is 0 Å². The predicted molar refractivity (Wildman–Crippen MR) is 93.5 cm³/mol. The number of carbonyl (C=O) groups excluding carboxylic acids is 1. The van der Waals surface area contributed by atoms with Crippen LogP contribution in [-0.4, -0.2) is 30.4 Å². The standard InChI is InChI=1S/C20H23FN2O/c1-15-8-10-16(11-9-15)19(23-12-4-5-13-23)14-22-20(24)17-6-2-3-7-18(17)21/h2-3,6-11,19H,4-5,12-14H2,1H3,(H,22,24). The molecule has 0 aromatic heterocycles. The Kier molecular flexibility index (Phi) is 5.26. The molecule has 1 aliphatic rings. The Morgan fingerprint density at radius 2 is 1.79 bits per heavy atom. The maximum atomic E-state index is 13.8. The first-order valence-corrected chi connectivity index (χ1v) is 8.48. The summed E-state index contributed by atoms with van der Waals surface area (Å²) < 4.78 is 13.8. The minimum atomic E-state index is -0.483. The third-order valence-electron chi connectivity index (χ3n) is 4.62. The van der Waals surface area contributed by atoms with Crippen molar-refractivity contribution in [3.63, 3.8) is 0 Å². The predicted octanol–water partition coefficient (Wildman–Crippen LogP) is 3.70. The van der Waals surface area contributed by atoms with E-state index in [9.17, 15) is 9.18 Å². The molecule has 1 N–H and O–H groups in total. The van der Waals surface area contributed by atoms with E-state index in [2.05, 4.69) is 41.4 Å². The molecule has 126 valence electrons. The quantitative estimate of drug-likeness (QED) is 0.908. The van der Waals surface area contributed by atoms with Crippen molar-refractivity contribution in [3.05, 3.63) is 71.0 Å². The van der Waals surface area contributed by atoms with Gasteiger partial charge in [0.25, 0.3) is 5.91 Å². The fourth-order valence-electron chi connectivity index (χ4n) is 3.23. The third-order valence-corrected chi connectivity index (χ3v) is 4.62. The van der Waals surface area contributed by atoms with E-state index in [4.69, 9.17) is 0 Å². The summed E-state index contributed by atoms with van der Waals surface area (Å²) in [5.74, 6) is -0.840. The van der Waals surface area contributed by atoms with E-state index >= 15 is 0 Å². The molecule has 2 aromatic carbocycles. The van der Waals surface area contributed by atoms with Gasteiger partial charge in [-0.2, -0.15) is 0 Å². The van der Waals surface area contributed by atoms with Crippen LogP contribution in [0.1, 0.15) is 40.4 Å². The number of nitrogens with one attached hydrogen (secondary N) is 1. The maximum Gasteiger partial charge on any atom is 0.254 e. The molecule has 1 aliphatic heterocycles. The summed E-state index contributed by atoms with van der Waals surface area (Å²) in [6.45, 7) is 4.62. The Morgan fingerprint density at radius 1 is 1.12 bits per heavy atom. The molecule has 0 spiro atoms. The Bertz CT molecular complexity index is 693. The minimum absolute atomic E-state index is 0.0987. The van der Waals surface area contributed by atoms with E-state index in [-0.39, 0.29) is 17.5 Å². The third kappa shape index (κ3) is 3.82. The van der Waals surface area contributed by atoms with Gasteiger partial charge in [-0.1, -0.05) is 42.0 Å². The molecule has 24 heavy (non-hydrogen) atoms. The largest absolute Gasteiger partial charge is 0.350 e. The average molecular weight is 326 g/mol. The number of benzene rings is 2. The number of nitrogens with zero attached hydrogens (tertiary/aromatic N) is 1.